The van der Waals surface area contributed by atoms with E-state index in [9.17, 15) is 9.59 Å². The monoisotopic (exact) mass is 379 g/mol. The maximum atomic E-state index is 12.8. The summed E-state index contributed by atoms with van der Waals surface area (Å²) in [7, 11) is 0. The van der Waals surface area contributed by atoms with Gasteiger partial charge >= 0.3 is 6.03 Å². The Bertz CT molecular complexity index is 945. The van der Waals surface area contributed by atoms with Crippen LogP contribution in [0.2, 0.25) is 0 Å². The van der Waals surface area contributed by atoms with Gasteiger partial charge in [-0.05, 0) is 30.2 Å². The van der Waals surface area contributed by atoms with Gasteiger partial charge in [0.25, 0.3) is 0 Å². The number of rotatable bonds is 2. The van der Waals surface area contributed by atoms with E-state index in [2.05, 4.69) is 5.32 Å². The maximum Gasteiger partial charge on any atom is 0.322 e. The van der Waals surface area contributed by atoms with Crippen molar-refractivity contribution in [1.82, 2.24) is 5.32 Å². The highest BCUT2D eigenvalue weighted by Crippen LogP contribution is 2.35. The lowest BCUT2D eigenvalue weighted by atomic mass is 10.2. The van der Waals surface area contributed by atoms with Crippen LogP contribution in [0.25, 0.3) is 0 Å². The maximum absolute atomic E-state index is 12.8. The summed E-state index contributed by atoms with van der Waals surface area (Å²) in [6.07, 6.45) is 1.15. The molecule has 0 spiro atoms. The fourth-order valence-corrected chi connectivity index (χ4v) is 4.06. The lowest BCUT2D eigenvalue weighted by Gasteiger charge is -2.23. The van der Waals surface area contributed by atoms with Gasteiger partial charge in [0.05, 0.1) is 6.04 Å². The van der Waals surface area contributed by atoms with Crippen molar-refractivity contribution >= 4 is 23.3 Å². The van der Waals surface area contributed by atoms with Gasteiger partial charge in [-0.2, -0.15) is 0 Å². The molecule has 0 bridgehead atoms. The summed E-state index contributed by atoms with van der Waals surface area (Å²) in [5.74, 6) is 1.33. The van der Waals surface area contributed by atoms with Crippen LogP contribution in [0.1, 0.15) is 12.0 Å². The highest BCUT2D eigenvalue weighted by molar-refractivity contribution is 5.99. The van der Waals surface area contributed by atoms with Crippen LogP contribution in [-0.2, 0) is 11.2 Å². The van der Waals surface area contributed by atoms with E-state index in [1.807, 2.05) is 42.5 Å². The number of hydrogen-bond acceptors (Lipinski definition) is 4. The van der Waals surface area contributed by atoms with Crippen molar-refractivity contribution in [1.29, 1.82) is 0 Å². The third kappa shape index (κ3) is 2.93. The van der Waals surface area contributed by atoms with Crippen LogP contribution >= 0.6 is 0 Å². The minimum Gasteiger partial charge on any atom is -0.486 e. The van der Waals surface area contributed by atoms with Crippen molar-refractivity contribution in [2.24, 2.45) is 0 Å². The number of anilines is 2. The number of fused-ring (bicyclic) bond motifs is 2. The van der Waals surface area contributed by atoms with E-state index in [-0.39, 0.29) is 24.4 Å². The first-order chi connectivity index (χ1) is 13.7. The van der Waals surface area contributed by atoms with Gasteiger partial charge in [-0.1, -0.05) is 18.2 Å². The van der Waals surface area contributed by atoms with Gasteiger partial charge in [-0.15, -0.1) is 0 Å². The number of carbonyl (C=O) groups is 2. The third-order valence-corrected chi connectivity index (χ3v) is 5.42. The molecule has 144 valence electrons. The Balaban J connectivity index is 1.28. The van der Waals surface area contributed by atoms with Gasteiger partial charge < -0.3 is 19.7 Å². The topological polar surface area (TPSA) is 71.1 Å². The molecule has 3 aliphatic heterocycles. The van der Waals surface area contributed by atoms with Crippen molar-refractivity contribution in [2.45, 2.75) is 18.9 Å². The summed E-state index contributed by atoms with van der Waals surface area (Å²) in [6, 6.07) is 13.1. The number of hydrogen-bond donors (Lipinski definition) is 1. The first-order valence-corrected chi connectivity index (χ1v) is 9.55. The average molecular weight is 379 g/mol. The number of benzene rings is 2. The molecule has 0 saturated carbocycles. The van der Waals surface area contributed by atoms with Gasteiger partial charge in [0.1, 0.15) is 13.2 Å². The Morgan fingerprint density at radius 2 is 1.89 bits per heavy atom. The van der Waals surface area contributed by atoms with E-state index in [4.69, 9.17) is 9.47 Å². The van der Waals surface area contributed by atoms with E-state index < -0.39 is 0 Å². The molecule has 0 aromatic heterocycles. The fraction of sp³-hybridized carbons (Fsp3) is 0.333. The van der Waals surface area contributed by atoms with E-state index in [1.165, 1.54) is 5.56 Å². The highest BCUT2D eigenvalue weighted by Gasteiger charge is 2.34. The van der Waals surface area contributed by atoms with Gasteiger partial charge in [-0.3, -0.25) is 9.69 Å². The number of para-hydroxylation sites is 1. The number of nitrogens with zero attached hydrogens (tertiary/aromatic N) is 2. The largest absolute Gasteiger partial charge is 0.486 e. The van der Waals surface area contributed by atoms with Crippen LogP contribution in [0.4, 0.5) is 16.2 Å². The van der Waals surface area contributed by atoms with Crippen molar-refractivity contribution < 1.29 is 19.1 Å². The molecule has 5 rings (SSSR count). The number of ether oxygens (including phenoxy) is 2. The molecule has 1 atom stereocenters. The van der Waals surface area contributed by atoms with E-state index in [1.54, 1.807) is 9.80 Å². The molecule has 0 radical (unpaired) electrons. The summed E-state index contributed by atoms with van der Waals surface area (Å²) in [4.78, 5) is 28.7. The highest BCUT2D eigenvalue weighted by atomic mass is 16.6. The molecule has 3 aliphatic rings. The standard InChI is InChI=1S/C21H21N3O4/c25-20-11-15(22-21(26)23-8-7-14-3-1-2-4-17(14)23)13-24(20)16-5-6-18-19(12-16)28-10-9-27-18/h1-6,12,15H,7-11,13H2,(H,22,26). The normalized spacial score (nSPS) is 20.3. The number of carbonyl (C=O) groups excluding carboxylic acids is 2. The molecule has 2 aromatic carbocycles. The summed E-state index contributed by atoms with van der Waals surface area (Å²) >= 11 is 0. The molecular weight excluding hydrogens is 358 g/mol. The Morgan fingerprint density at radius 3 is 2.79 bits per heavy atom. The fourth-order valence-electron chi connectivity index (χ4n) is 4.06. The first kappa shape index (κ1) is 16.9. The first-order valence-electron chi connectivity index (χ1n) is 9.55. The Hall–Kier alpha value is -3.22. The molecule has 28 heavy (non-hydrogen) atoms. The van der Waals surface area contributed by atoms with Gasteiger partial charge in [0, 0.05) is 37.0 Å². The summed E-state index contributed by atoms with van der Waals surface area (Å²) < 4.78 is 11.1. The Labute approximate surface area is 162 Å². The SMILES string of the molecule is O=C1CC(NC(=O)N2CCc3ccccc32)CN1c1ccc2c(c1)OCCO2. The lowest BCUT2D eigenvalue weighted by molar-refractivity contribution is -0.117. The van der Waals surface area contributed by atoms with Gasteiger partial charge in [0.2, 0.25) is 5.91 Å². The summed E-state index contributed by atoms with van der Waals surface area (Å²) in [5, 5.41) is 3.02. The molecule has 1 N–H and O–H groups in total. The predicted octanol–water partition coefficient (Wildman–Crippen LogP) is 2.34. The molecule has 1 fully saturated rings. The number of amides is 3. The molecule has 3 heterocycles. The van der Waals surface area contributed by atoms with Crippen molar-refractivity contribution in [3.8, 4) is 11.5 Å². The number of nitrogens with one attached hydrogen (secondary N) is 1. The van der Waals surface area contributed by atoms with Crippen LogP contribution in [-0.4, -0.2) is 44.3 Å². The zero-order valence-electron chi connectivity index (χ0n) is 15.4. The Kier molecular flexibility index (Phi) is 4.07. The molecule has 2 aromatic rings. The minimum atomic E-state index is -0.221. The van der Waals surface area contributed by atoms with Crippen LogP contribution < -0.4 is 24.6 Å². The van der Waals surface area contributed by atoms with Crippen molar-refractivity contribution in [3.05, 3.63) is 48.0 Å². The summed E-state index contributed by atoms with van der Waals surface area (Å²) in [6.45, 7) is 2.14. The van der Waals surface area contributed by atoms with Crippen molar-refractivity contribution in [3.63, 3.8) is 0 Å². The van der Waals surface area contributed by atoms with Gasteiger partial charge in [0.15, 0.2) is 11.5 Å². The average Bonchev–Trinajstić information content (AvgIpc) is 3.31. The molecule has 3 amide bonds. The third-order valence-electron chi connectivity index (χ3n) is 5.42. The van der Waals surface area contributed by atoms with Crippen molar-refractivity contribution in [2.75, 3.05) is 36.1 Å². The second-order valence-corrected chi connectivity index (χ2v) is 7.21. The Morgan fingerprint density at radius 1 is 1.07 bits per heavy atom. The minimum absolute atomic E-state index is 0.0104. The molecule has 1 saturated heterocycles. The van der Waals surface area contributed by atoms with Crippen LogP contribution in [0.5, 0.6) is 11.5 Å². The van der Waals surface area contributed by atoms with Crippen LogP contribution in [0.15, 0.2) is 42.5 Å². The quantitative estimate of drug-likeness (QED) is 0.870. The van der Waals surface area contributed by atoms with Gasteiger partial charge in [-0.25, -0.2) is 4.79 Å². The zero-order valence-corrected chi connectivity index (χ0v) is 15.4. The summed E-state index contributed by atoms with van der Waals surface area (Å²) in [5.41, 5.74) is 2.89. The van der Waals surface area contributed by atoms with Crippen LogP contribution in [0, 0.1) is 0 Å². The molecule has 7 heteroatoms. The molecule has 1 unspecified atom stereocenters. The molecular formula is C21H21N3O4. The molecule has 7 nitrogen and oxygen atoms in total. The van der Waals surface area contributed by atoms with E-state index in [0.717, 1.165) is 17.8 Å². The van der Waals surface area contributed by atoms with E-state index >= 15 is 0 Å². The number of urea groups is 1. The smallest absolute Gasteiger partial charge is 0.322 e. The van der Waals surface area contributed by atoms with Crippen LogP contribution in [0.3, 0.4) is 0 Å². The lowest BCUT2D eigenvalue weighted by Crippen LogP contribution is -2.45. The molecule has 0 aliphatic carbocycles. The second kappa shape index (κ2) is 6.74. The predicted molar refractivity (Wildman–Crippen MR) is 104 cm³/mol. The van der Waals surface area contributed by atoms with E-state index in [0.29, 0.717) is 37.8 Å². The second-order valence-electron chi connectivity index (χ2n) is 7.21. The zero-order chi connectivity index (χ0) is 19.1.